The van der Waals surface area contributed by atoms with Crippen LogP contribution in [0, 0.1) is 6.92 Å². The summed E-state index contributed by atoms with van der Waals surface area (Å²) in [5, 5.41) is 4.51. The highest BCUT2D eigenvalue weighted by Gasteiger charge is 2.18. The second-order valence-corrected chi connectivity index (χ2v) is 7.04. The Kier molecular flexibility index (Phi) is 3.81. The lowest BCUT2D eigenvalue weighted by atomic mass is 10.2. The Morgan fingerprint density at radius 3 is 2.48 bits per heavy atom. The molecule has 5 rings (SSSR count). The third-order valence-corrected chi connectivity index (χ3v) is 5.03. The van der Waals surface area contributed by atoms with Gasteiger partial charge in [0.15, 0.2) is 0 Å². The number of anilines is 3. The third kappa shape index (κ3) is 3.03. The van der Waals surface area contributed by atoms with Crippen LogP contribution in [-0.2, 0) is 0 Å². The molecule has 0 radical (unpaired) electrons. The maximum atomic E-state index is 4.84. The van der Waals surface area contributed by atoms with E-state index in [9.17, 15) is 0 Å². The van der Waals surface area contributed by atoms with E-state index in [1.807, 2.05) is 31.5 Å². The Morgan fingerprint density at radius 2 is 1.74 bits per heavy atom. The summed E-state index contributed by atoms with van der Waals surface area (Å²) < 4.78 is 2.09. The van der Waals surface area contributed by atoms with Gasteiger partial charge in [0.1, 0.15) is 11.5 Å². The Labute approximate surface area is 157 Å². The van der Waals surface area contributed by atoms with Crippen molar-refractivity contribution in [2.75, 3.05) is 23.3 Å². The van der Waals surface area contributed by atoms with Crippen LogP contribution >= 0.6 is 0 Å². The smallest absolute Gasteiger partial charge is 0.229 e. The normalized spacial score (nSPS) is 14.2. The molecule has 4 aromatic rings. The van der Waals surface area contributed by atoms with Gasteiger partial charge in [0.25, 0.3) is 0 Å². The molecule has 4 heterocycles. The van der Waals surface area contributed by atoms with Gasteiger partial charge >= 0.3 is 0 Å². The van der Waals surface area contributed by atoms with E-state index in [0.29, 0.717) is 0 Å². The Balaban J connectivity index is 1.50. The van der Waals surface area contributed by atoms with Gasteiger partial charge in [0, 0.05) is 42.6 Å². The van der Waals surface area contributed by atoms with Crippen LogP contribution in [0.15, 0.2) is 54.9 Å². The van der Waals surface area contributed by atoms with Gasteiger partial charge in [-0.25, -0.2) is 0 Å². The van der Waals surface area contributed by atoms with Crippen molar-refractivity contribution >= 4 is 28.5 Å². The molecule has 0 aliphatic carbocycles. The molecule has 0 bridgehead atoms. The highest BCUT2D eigenvalue weighted by Crippen LogP contribution is 2.28. The van der Waals surface area contributed by atoms with Gasteiger partial charge in [-0.1, -0.05) is 0 Å². The van der Waals surface area contributed by atoms with Crippen molar-refractivity contribution in [1.82, 2.24) is 19.5 Å². The van der Waals surface area contributed by atoms with Crippen LogP contribution in [0.5, 0.6) is 0 Å². The first-order valence-corrected chi connectivity index (χ1v) is 9.39. The van der Waals surface area contributed by atoms with E-state index in [0.717, 1.165) is 53.0 Å². The summed E-state index contributed by atoms with van der Waals surface area (Å²) in [5.41, 5.74) is 4.12. The van der Waals surface area contributed by atoms with Crippen molar-refractivity contribution < 1.29 is 0 Å². The Bertz CT molecular complexity index is 1060. The van der Waals surface area contributed by atoms with Crippen LogP contribution < -0.4 is 10.2 Å². The molecule has 2 N–H and O–H groups in total. The summed E-state index contributed by atoms with van der Waals surface area (Å²) in [4.78, 5) is 15.2. The van der Waals surface area contributed by atoms with E-state index in [-0.39, 0.29) is 0 Å². The fraction of sp³-hybridized carbons (Fsp3) is 0.238. The first kappa shape index (κ1) is 15.9. The maximum Gasteiger partial charge on any atom is 0.229 e. The monoisotopic (exact) mass is 358 g/mol. The number of benzene rings is 1. The van der Waals surface area contributed by atoms with Crippen molar-refractivity contribution in [3.8, 4) is 5.69 Å². The standard InChI is InChI=1S/C21H22N6/c1-15-14-18-19(22-15)24-21(27-12-4-5-13-27)25-20(18)23-16-6-8-17(9-7-16)26-10-2-3-11-26/h2-3,6-11,14H,4-5,12-13H2,1H3,(H2,22,23,24,25). The average molecular weight is 358 g/mol. The zero-order chi connectivity index (χ0) is 18.2. The first-order valence-electron chi connectivity index (χ1n) is 9.39. The van der Waals surface area contributed by atoms with Crippen LogP contribution in [0.4, 0.5) is 17.5 Å². The number of rotatable bonds is 4. The fourth-order valence-corrected chi connectivity index (χ4v) is 3.64. The molecule has 3 aromatic heterocycles. The quantitative estimate of drug-likeness (QED) is 0.568. The maximum absolute atomic E-state index is 4.84. The number of nitrogens with one attached hydrogen (secondary N) is 2. The van der Waals surface area contributed by atoms with Crippen LogP contribution in [0.3, 0.4) is 0 Å². The second kappa shape index (κ2) is 6.46. The number of hydrogen-bond acceptors (Lipinski definition) is 4. The van der Waals surface area contributed by atoms with Crippen molar-refractivity contribution in [1.29, 1.82) is 0 Å². The third-order valence-electron chi connectivity index (χ3n) is 5.03. The summed E-state index contributed by atoms with van der Waals surface area (Å²) in [6.45, 7) is 4.10. The van der Waals surface area contributed by atoms with Crippen LogP contribution in [-0.4, -0.2) is 32.6 Å². The summed E-state index contributed by atoms with van der Waals surface area (Å²) >= 11 is 0. The minimum absolute atomic E-state index is 0.799. The zero-order valence-electron chi connectivity index (χ0n) is 15.3. The molecule has 1 aliphatic heterocycles. The SMILES string of the molecule is Cc1cc2c(Nc3ccc(-n4cccc4)cc3)nc(N3CCCC3)nc2[nH]1. The van der Waals surface area contributed by atoms with E-state index in [2.05, 4.69) is 50.1 Å². The number of fused-ring (bicyclic) bond motifs is 1. The molecule has 136 valence electrons. The van der Waals surface area contributed by atoms with E-state index in [1.54, 1.807) is 0 Å². The minimum atomic E-state index is 0.799. The molecule has 0 amide bonds. The number of H-pyrrole nitrogens is 1. The van der Waals surface area contributed by atoms with Gasteiger partial charge in [0.05, 0.1) is 5.39 Å². The largest absolute Gasteiger partial charge is 0.343 e. The van der Waals surface area contributed by atoms with Gasteiger partial charge in [-0.3, -0.25) is 0 Å². The van der Waals surface area contributed by atoms with Gasteiger partial charge in [0.2, 0.25) is 5.95 Å². The van der Waals surface area contributed by atoms with Gasteiger partial charge in [-0.2, -0.15) is 9.97 Å². The average Bonchev–Trinajstić information content (AvgIpc) is 3.43. The lowest BCUT2D eigenvalue weighted by molar-refractivity contribution is 0.907. The van der Waals surface area contributed by atoms with Crippen LogP contribution in [0.2, 0.25) is 0 Å². The highest BCUT2D eigenvalue weighted by atomic mass is 15.3. The Hall–Kier alpha value is -3.28. The van der Waals surface area contributed by atoms with Crippen molar-refractivity contribution in [2.45, 2.75) is 19.8 Å². The van der Waals surface area contributed by atoms with Crippen LogP contribution in [0.25, 0.3) is 16.7 Å². The molecule has 1 aromatic carbocycles. The molecule has 0 unspecified atom stereocenters. The molecule has 6 nitrogen and oxygen atoms in total. The van der Waals surface area contributed by atoms with Gasteiger partial charge in [-0.15, -0.1) is 0 Å². The number of nitrogens with zero attached hydrogens (tertiary/aromatic N) is 4. The number of hydrogen-bond donors (Lipinski definition) is 2. The number of aromatic nitrogens is 4. The van der Waals surface area contributed by atoms with Crippen molar-refractivity contribution in [2.24, 2.45) is 0 Å². The number of aryl methyl sites for hydroxylation is 1. The van der Waals surface area contributed by atoms with Crippen molar-refractivity contribution in [3.05, 3.63) is 60.6 Å². The second-order valence-electron chi connectivity index (χ2n) is 7.04. The molecule has 0 spiro atoms. The van der Waals surface area contributed by atoms with E-state index in [1.165, 1.54) is 12.8 Å². The lowest BCUT2D eigenvalue weighted by Gasteiger charge is -2.17. The van der Waals surface area contributed by atoms with Gasteiger partial charge in [-0.05, 0) is 62.2 Å². The molecule has 0 saturated carbocycles. The Morgan fingerprint density at radius 1 is 1.00 bits per heavy atom. The lowest BCUT2D eigenvalue weighted by Crippen LogP contribution is -2.20. The molecule has 6 heteroatoms. The summed E-state index contributed by atoms with van der Waals surface area (Å²) in [6, 6.07) is 14.5. The zero-order valence-corrected chi connectivity index (χ0v) is 15.3. The highest BCUT2D eigenvalue weighted by molar-refractivity contribution is 5.90. The van der Waals surface area contributed by atoms with Crippen molar-refractivity contribution in [3.63, 3.8) is 0 Å². The van der Waals surface area contributed by atoms with E-state index < -0.39 is 0 Å². The summed E-state index contributed by atoms with van der Waals surface area (Å²) in [6.07, 6.45) is 6.49. The first-order chi connectivity index (χ1) is 13.3. The van der Waals surface area contributed by atoms with Gasteiger partial charge < -0.3 is 19.8 Å². The van der Waals surface area contributed by atoms with Crippen LogP contribution in [0.1, 0.15) is 18.5 Å². The summed E-state index contributed by atoms with van der Waals surface area (Å²) in [7, 11) is 0. The molecular weight excluding hydrogens is 336 g/mol. The molecule has 1 aliphatic rings. The van der Waals surface area contributed by atoms with E-state index in [4.69, 9.17) is 9.97 Å². The minimum Gasteiger partial charge on any atom is -0.343 e. The predicted molar refractivity (Wildman–Crippen MR) is 109 cm³/mol. The molecule has 1 fully saturated rings. The molecule has 1 saturated heterocycles. The molecular formula is C21H22N6. The molecule has 0 atom stereocenters. The topological polar surface area (TPSA) is 61.8 Å². The predicted octanol–water partition coefficient (Wildman–Crippen LogP) is 4.40. The fourth-order valence-electron chi connectivity index (χ4n) is 3.64. The number of aromatic amines is 1. The van der Waals surface area contributed by atoms with E-state index >= 15 is 0 Å². The molecule has 27 heavy (non-hydrogen) atoms. The summed E-state index contributed by atoms with van der Waals surface area (Å²) in [5.74, 6) is 1.65.